The molecule has 84 valence electrons. The summed E-state index contributed by atoms with van der Waals surface area (Å²) in [4.78, 5) is 13.5. The van der Waals surface area contributed by atoms with Crippen LogP contribution < -0.4 is 0 Å². The molecule has 0 fully saturated rings. The maximum absolute atomic E-state index is 12.5. The smallest absolute Gasteiger partial charge is 0.305 e. The fourth-order valence-electron chi connectivity index (χ4n) is 0.809. The number of unbranched alkanes of at least 4 members (excludes halogenated alkanes) is 1. The summed E-state index contributed by atoms with van der Waals surface area (Å²) < 4.78 is 17.1. The molecule has 0 aromatic heterocycles. The number of hydrogen-bond donors (Lipinski definition) is 0. The molecule has 1 unspecified atom stereocenters. The Bertz CT molecular complexity index is 252. The Morgan fingerprint density at radius 2 is 2.40 bits per heavy atom. The Balaban J connectivity index is 3.41. The SMILES string of the molecule is C=CC(F)COC(=O)CCCCN=[N+]=[N-]. The summed E-state index contributed by atoms with van der Waals surface area (Å²) in [6.45, 7) is 3.31. The number of alkyl halides is 1. The quantitative estimate of drug-likeness (QED) is 0.156. The predicted molar refractivity (Wildman–Crippen MR) is 53.9 cm³/mol. The maximum Gasteiger partial charge on any atom is 0.305 e. The minimum absolute atomic E-state index is 0.213. The molecule has 0 amide bonds. The van der Waals surface area contributed by atoms with E-state index in [1.807, 2.05) is 0 Å². The number of azide groups is 1. The third-order valence-corrected chi connectivity index (χ3v) is 1.61. The van der Waals surface area contributed by atoms with Gasteiger partial charge in [-0.05, 0) is 18.4 Å². The van der Waals surface area contributed by atoms with Gasteiger partial charge in [-0.25, -0.2) is 4.39 Å². The molecular formula is C9H14FN3O2. The third-order valence-electron chi connectivity index (χ3n) is 1.61. The van der Waals surface area contributed by atoms with Crippen molar-refractivity contribution in [2.24, 2.45) is 5.11 Å². The Labute approximate surface area is 87.5 Å². The summed E-state index contributed by atoms with van der Waals surface area (Å²) in [5, 5.41) is 3.31. The van der Waals surface area contributed by atoms with Gasteiger partial charge in [0.15, 0.2) is 6.17 Å². The third kappa shape index (κ3) is 8.77. The summed E-state index contributed by atoms with van der Waals surface area (Å²) in [5.74, 6) is -0.444. The molecule has 0 saturated carbocycles. The number of rotatable bonds is 8. The summed E-state index contributed by atoms with van der Waals surface area (Å²) in [6.07, 6.45) is 1.18. The standard InChI is InChI=1S/C9H14FN3O2/c1-2-8(10)7-15-9(14)5-3-4-6-12-13-11/h2,8H,1,3-7H2. The highest BCUT2D eigenvalue weighted by Crippen LogP contribution is 2.00. The first-order chi connectivity index (χ1) is 7.20. The van der Waals surface area contributed by atoms with E-state index < -0.39 is 12.1 Å². The van der Waals surface area contributed by atoms with Crippen LogP contribution in [0.15, 0.2) is 17.8 Å². The molecular weight excluding hydrogens is 201 g/mol. The molecule has 0 aliphatic heterocycles. The fourth-order valence-corrected chi connectivity index (χ4v) is 0.809. The van der Waals surface area contributed by atoms with Gasteiger partial charge in [-0.3, -0.25) is 4.79 Å². The molecule has 0 heterocycles. The van der Waals surface area contributed by atoms with Crippen molar-refractivity contribution in [1.82, 2.24) is 0 Å². The number of nitrogens with zero attached hydrogens (tertiary/aromatic N) is 3. The lowest BCUT2D eigenvalue weighted by Crippen LogP contribution is -2.12. The highest BCUT2D eigenvalue weighted by Gasteiger charge is 2.06. The zero-order valence-electron chi connectivity index (χ0n) is 8.43. The molecule has 0 N–H and O–H groups in total. The van der Waals surface area contributed by atoms with E-state index in [0.29, 0.717) is 19.4 Å². The molecule has 0 aromatic rings. The Kier molecular flexibility index (Phi) is 8.09. The van der Waals surface area contributed by atoms with Crippen molar-refractivity contribution in [2.45, 2.75) is 25.4 Å². The van der Waals surface area contributed by atoms with Gasteiger partial charge < -0.3 is 4.74 Å². The van der Waals surface area contributed by atoms with Gasteiger partial charge in [-0.15, -0.1) is 6.58 Å². The van der Waals surface area contributed by atoms with Crippen LogP contribution in [-0.2, 0) is 9.53 Å². The van der Waals surface area contributed by atoms with Crippen molar-refractivity contribution in [1.29, 1.82) is 0 Å². The summed E-state index contributed by atoms with van der Waals surface area (Å²) in [5.41, 5.74) is 7.96. The van der Waals surface area contributed by atoms with Crippen molar-refractivity contribution in [3.8, 4) is 0 Å². The molecule has 0 bridgehead atoms. The van der Waals surface area contributed by atoms with Crippen LogP contribution in [0.5, 0.6) is 0 Å². The normalized spacial score (nSPS) is 11.3. The Hall–Kier alpha value is -1.55. The van der Waals surface area contributed by atoms with Gasteiger partial charge in [0, 0.05) is 17.9 Å². The van der Waals surface area contributed by atoms with Crippen LogP contribution in [0.1, 0.15) is 19.3 Å². The molecule has 0 saturated heterocycles. The average Bonchev–Trinajstić information content (AvgIpc) is 2.25. The first kappa shape index (κ1) is 13.4. The van der Waals surface area contributed by atoms with Crippen LogP contribution in [0.25, 0.3) is 10.4 Å². The van der Waals surface area contributed by atoms with E-state index in [4.69, 9.17) is 5.53 Å². The van der Waals surface area contributed by atoms with Gasteiger partial charge in [0.2, 0.25) is 0 Å². The zero-order valence-corrected chi connectivity index (χ0v) is 8.43. The predicted octanol–water partition coefficient (Wildman–Crippen LogP) is 2.53. The minimum atomic E-state index is -1.31. The van der Waals surface area contributed by atoms with E-state index in [-0.39, 0.29) is 13.0 Å². The van der Waals surface area contributed by atoms with Crippen molar-refractivity contribution in [3.63, 3.8) is 0 Å². The van der Waals surface area contributed by atoms with Crippen molar-refractivity contribution in [2.75, 3.05) is 13.2 Å². The monoisotopic (exact) mass is 215 g/mol. The van der Waals surface area contributed by atoms with Gasteiger partial charge >= 0.3 is 5.97 Å². The van der Waals surface area contributed by atoms with Crippen molar-refractivity contribution in [3.05, 3.63) is 23.1 Å². The molecule has 5 nitrogen and oxygen atoms in total. The van der Waals surface area contributed by atoms with Gasteiger partial charge in [0.05, 0.1) is 0 Å². The molecule has 0 rings (SSSR count). The van der Waals surface area contributed by atoms with Crippen LogP contribution in [0.4, 0.5) is 4.39 Å². The van der Waals surface area contributed by atoms with Crippen LogP contribution in [0.2, 0.25) is 0 Å². The van der Waals surface area contributed by atoms with E-state index in [1.165, 1.54) is 0 Å². The molecule has 0 spiro atoms. The summed E-state index contributed by atoms with van der Waals surface area (Å²) >= 11 is 0. The second-order valence-electron chi connectivity index (χ2n) is 2.85. The Morgan fingerprint density at radius 3 is 3.00 bits per heavy atom. The first-order valence-corrected chi connectivity index (χ1v) is 4.63. The van der Waals surface area contributed by atoms with E-state index in [2.05, 4.69) is 21.3 Å². The zero-order chi connectivity index (χ0) is 11.5. The fraction of sp³-hybridized carbons (Fsp3) is 0.667. The number of hydrogen-bond acceptors (Lipinski definition) is 3. The molecule has 0 aliphatic carbocycles. The summed E-state index contributed by atoms with van der Waals surface area (Å²) in [6, 6.07) is 0. The second-order valence-corrected chi connectivity index (χ2v) is 2.85. The molecule has 6 heteroatoms. The first-order valence-electron chi connectivity index (χ1n) is 4.63. The molecule has 0 aromatic carbocycles. The minimum Gasteiger partial charge on any atom is -0.462 e. The molecule has 1 atom stereocenters. The summed E-state index contributed by atoms with van der Waals surface area (Å²) in [7, 11) is 0. The maximum atomic E-state index is 12.5. The highest BCUT2D eigenvalue weighted by atomic mass is 19.1. The number of carbonyl (C=O) groups is 1. The molecule has 0 radical (unpaired) electrons. The molecule has 15 heavy (non-hydrogen) atoms. The van der Waals surface area contributed by atoms with Crippen LogP contribution in [0, 0.1) is 0 Å². The van der Waals surface area contributed by atoms with E-state index >= 15 is 0 Å². The lowest BCUT2D eigenvalue weighted by atomic mass is 10.2. The van der Waals surface area contributed by atoms with Gasteiger partial charge in [0.1, 0.15) is 6.61 Å². The lowest BCUT2D eigenvalue weighted by Gasteiger charge is -2.04. The largest absolute Gasteiger partial charge is 0.462 e. The van der Waals surface area contributed by atoms with Gasteiger partial charge in [-0.2, -0.15) is 0 Å². The van der Waals surface area contributed by atoms with Gasteiger partial charge in [0.25, 0.3) is 0 Å². The number of carbonyl (C=O) groups excluding carboxylic acids is 1. The average molecular weight is 215 g/mol. The van der Waals surface area contributed by atoms with Crippen molar-refractivity contribution < 1.29 is 13.9 Å². The highest BCUT2D eigenvalue weighted by molar-refractivity contribution is 5.69. The topological polar surface area (TPSA) is 75.1 Å². The van der Waals surface area contributed by atoms with Crippen LogP contribution in [0.3, 0.4) is 0 Å². The number of halogens is 1. The lowest BCUT2D eigenvalue weighted by molar-refractivity contribution is -0.144. The number of esters is 1. The van der Waals surface area contributed by atoms with Crippen LogP contribution in [-0.4, -0.2) is 25.3 Å². The number of ether oxygens (including phenoxy) is 1. The van der Waals surface area contributed by atoms with E-state index in [1.54, 1.807) is 0 Å². The second kappa shape index (κ2) is 9.02. The van der Waals surface area contributed by atoms with E-state index in [9.17, 15) is 9.18 Å². The van der Waals surface area contributed by atoms with E-state index in [0.717, 1.165) is 6.08 Å². The van der Waals surface area contributed by atoms with Crippen molar-refractivity contribution >= 4 is 5.97 Å². The van der Waals surface area contributed by atoms with Gasteiger partial charge in [-0.1, -0.05) is 11.2 Å². The Morgan fingerprint density at radius 1 is 1.67 bits per heavy atom. The molecule has 0 aliphatic rings. The van der Waals surface area contributed by atoms with Crippen LogP contribution >= 0.6 is 0 Å².